The molecule has 0 heterocycles. The highest BCUT2D eigenvalue weighted by Gasteiger charge is 2.33. The number of alkyl halides is 3. The Bertz CT molecular complexity index is 1010. The second kappa shape index (κ2) is 9.91. The minimum Gasteiger partial charge on any atom is -0.348 e. The number of rotatable bonds is 8. The molecular weight excluding hydrogens is 453 g/mol. The minimum atomic E-state index is -4.69. The molecule has 0 aromatic heterocycles. The van der Waals surface area contributed by atoms with E-state index >= 15 is 0 Å². The number of halogens is 4. The summed E-state index contributed by atoms with van der Waals surface area (Å²) < 4.78 is 64.6. The summed E-state index contributed by atoms with van der Waals surface area (Å²) in [5.41, 5.74) is -0.634. The molecule has 0 saturated carbocycles. The van der Waals surface area contributed by atoms with Crippen molar-refractivity contribution < 1.29 is 26.4 Å². The number of anilines is 1. The zero-order chi connectivity index (χ0) is 23.4. The van der Waals surface area contributed by atoms with E-state index in [1.54, 1.807) is 0 Å². The highest BCUT2D eigenvalue weighted by Crippen LogP contribution is 2.36. The first kappa shape index (κ1) is 25.0. The zero-order valence-electron chi connectivity index (χ0n) is 17.3. The van der Waals surface area contributed by atoms with Crippen LogP contribution in [0.5, 0.6) is 0 Å². The van der Waals surface area contributed by atoms with Gasteiger partial charge in [0.05, 0.1) is 28.6 Å². The number of hydrogen-bond acceptors (Lipinski definition) is 3. The van der Waals surface area contributed by atoms with Crippen LogP contribution in [0.15, 0.2) is 48.5 Å². The number of carbonyl (C=O) groups is 1. The van der Waals surface area contributed by atoms with Gasteiger partial charge in [0, 0.05) is 0 Å². The van der Waals surface area contributed by atoms with Crippen molar-refractivity contribution in [3.63, 3.8) is 0 Å². The zero-order valence-corrected chi connectivity index (χ0v) is 18.9. The highest BCUT2D eigenvalue weighted by atomic mass is 35.5. The summed E-state index contributed by atoms with van der Waals surface area (Å²) in [6.07, 6.45) is -3.29. The molecular formula is C21H24ClF3N2O3S. The van der Waals surface area contributed by atoms with E-state index in [1.807, 2.05) is 44.2 Å². The predicted octanol–water partition coefficient (Wildman–Crippen LogP) is 5.03. The molecule has 1 atom stereocenters. The molecule has 1 N–H and O–H groups in total. The Hall–Kier alpha value is -2.26. The first-order valence-corrected chi connectivity index (χ1v) is 11.7. The van der Waals surface area contributed by atoms with Crippen molar-refractivity contribution in [2.24, 2.45) is 5.92 Å². The molecule has 0 aliphatic carbocycles. The third-order valence-corrected chi connectivity index (χ3v) is 5.92. The van der Waals surface area contributed by atoms with E-state index in [0.717, 1.165) is 24.0 Å². The average molecular weight is 477 g/mol. The number of amides is 1. The Kier molecular flexibility index (Phi) is 7.99. The van der Waals surface area contributed by atoms with Gasteiger partial charge >= 0.3 is 6.18 Å². The lowest BCUT2D eigenvalue weighted by atomic mass is 9.97. The van der Waals surface area contributed by atoms with Crippen molar-refractivity contribution in [1.29, 1.82) is 0 Å². The van der Waals surface area contributed by atoms with Crippen LogP contribution in [-0.2, 0) is 21.0 Å². The van der Waals surface area contributed by atoms with Crippen LogP contribution in [0.3, 0.4) is 0 Å². The molecule has 0 fully saturated rings. The molecule has 10 heteroatoms. The normalized spacial score (nSPS) is 13.2. The lowest BCUT2D eigenvalue weighted by Gasteiger charge is -2.26. The largest absolute Gasteiger partial charge is 0.416 e. The molecule has 1 amide bonds. The van der Waals surface area contributed by atoms with Gasteiger partial charge in [-0.3, -0.25) is 9.10 Å². The lowest BCUT2D eigenvalue weighted by molar-refractivity contribution is -0.137. The molecule has 2 aromatic carbocycles. The van der Waals surface area contributed by atoms with E-state index in [0.29, 0.717) is 16.8 Å². The van der Waals surface area contributed by atoms with Gasteiger partial charge in [-0.1, -0.05) is 55.8 Å². The van der Waals surface area contributed by atoms with Crippen LogP contribution in [0.2, 0.25) is 5.02 Å². The Morgan fingerprint density at radius 3 is 2.26 bits per heavy atom. The Morgan fingerprint density at radius 2 is 1.74 bits per heavy atom. The van der Waals surface area contributed by atoms with Crippen molar-refractivity contribution in [1.82, 2.24) is 5.32 Å². The van der Waals surface area contributed by atoms with E-state index in [-0.39, 0.29) is 17.0 Å². The van der Waals surface area contributed by atoms with E-state index in [4.69, 9.17) is 11.6 Å². The second-order valence-electron chi connectivity index (χ2n) is 7.59. The van der Waals surface area contributed by atoms with Gasteiger partial charge in [-0.15, -0.1) is 0 Å². The first-order valence-electron chi connectivity index (χ1n) is 9.47. The van der Waals surface area contributed by atoms with Gasteiger partial charge < -0.3 is 5.32 Å². The molecule has 0 spiro atoms. The quantitative estimate of drug-likeness (QED) is 0.581. The van der Waals surface area contributed by atoms with Crippen molar-refractivity contribution >= 4 is 33.2 Å². The fourth-order valence-corrected chi connectivity index (χ4v) is 4.20. The van der Waals surface area contributed by atoms with E-state index in [9.17, 15) is 26.4 Å². The summed E-state index contributed by atoms with van der Waals surface area (Å²) >= 11 is 6.00. The SMILES string of the molecule is CC(C)C[C@H](NC(=O)CN(c1cc(C(F)(F)F)ccc1Cl)S(C)(=O)=O)c1ccccc1. The first-order chi connectivity index (χ1) is 14.3. The number of hydrogen-bond donors (Lipinski definition) is 1. The maximum absolute atomic E-state index is 13.1. The molecule has 5 nitrogen and oxygen atoms in total. The standard InChI is InChI=1S/C21H24ClF3N2O3S/c1-14(2)11-18(15-7-5-4-6-8-15)26-20(28)13-27(31(3,29)30)19-12-16(21(23,24)25)9-10-17(19)22/h4-10,12,14,18H,11,13H2,1-3H3,(H,26,28)/t18-/m0/s1. The molecule has 0 unspecified atom stereocenters. The monoisotopic (exact) mass is 476 g/mol. The second-order valence-corrected chi connectivity index (χ2v) is 9.91. The van der Waals surface area contributed by atoms with Crippen LogP contribution in [0, 0.1) is 5.92 Å². The fraction of sp³-hybridized carbons (Fsp3) is 0.381. The van der Waals surface area contributed by atoms with Crippen molar-refractivity contribution in [3.05, 3.63) is 64.7 Å². The smallest absolute Gasteiger partial charge is 0.348 e. The maximum Gasteiger partial charge on any atom is 0.416 e. The van der Waals surface area contributed by atoms with Gasteiger partial charge in [0.15, 0.2) is 0 Å². The van der Waals surface area contributed by atoms with Crippen LogP contribution in [0.1, 0.15) is 37.4 Å². The van der Waals surface area contributed by atoms with Gasteiger partial charge in [0.2, 0.25) is 15.9 Å². The molecule has 0 aliphatic rings. The summed E-state index contributed by atoms with van der Waals surface area (Å²) in [6.45, 7) is 3.25. The lowest BCUT2D eigenvalue weighted by Crippen LogP contribution is -2.42. The van der Waals surface area contributed by atoms with E-state index in [2.05, 4.69) is 5.32 Å². The third kappa shape index (κ3) is 7.14. The van der Waals surface area contributed by atoms with Gasteiger partial charge in [0.1, 0.15) is 6.54 Å². The molecule has 0 saturated heterocycles. The minimum absolute atomic E-state index is 0.215. The molecule has 0 bridgehead atoms. The highest BCUT2D eigenvalue weighted by molar-refractivity contribution is 7.92. The van der Waals surface area contributed by atoms with Crippen molar-refractivity contribution in [3.8, 4) is 0 Å². The fourth-order valence-electron chi connectivity index (χ4n) is 3.07. The topological polar surface area (TPSA) is 66.5 Å². The number of nitrogens with one attached hydrogen (secondary N) is 1. The summed E-state index contributed by atoms with van der Waals surface area (Å²) in [5, 5.41) is 2.58. The van der Waals surface area contributed by atoms with Crippen molar-refractivity contribution in [2.75, 3.05) is 17.1 Å². The average Bonchev–Trinajstić information content (AvgIpc) is 2.65. The molecule has 0 radical (unpaired) electrons. The summed E-state index contributed by atoms with van der Waals surface area (Å²) in [4.78, 5) is 12.7. The van der Waals surface area contributed by atoms with E-state index < -0.39 is 39.9 Å². The summed E-state index contributed by atoms with van der Waals surface area (Å²) in [6, 6.07) is 11.1. The maximum atomic E-state index is 13.1. The van der Waals surface area contributed by atoms with Crippen molar-refractivity contribution in [2.45, 2.75) is 32.5 Å². The van der Waals surface area contributed by atoms with Crippen LogP contribution in [-0.4, -0.2) is 27.1 Å². The number of sulfonamides is 1. The van der Waals surface area contributed by atoms with Gasteiger partial charge in [-0.2, -0.15) is 13.2 Å². The van der Waals surface area contributed by atoms with Crippen LogP contribution >= 0.6 is 11.6 Å². The Labute approximate surface area is 185 Å². The predicted molar refractivity (Wildman–Crippen MR) is 115 cm³/mol. The number of benzene rings is 2. The third-order valence-electron chi connectivity index (χ3n) is 4.47. The van der Waals surface area contributed by atoms with Gasteiger partial charge in [-0.05, 0) is 36.1 Å². The van der Waals surface area contributed by atoms with Crippen LogP contribution in [0.4, 0.5) is 18.9 Å². The molecule has 2 rings (SSSR count). The molecule has 31 heavy (non-hydrogen) atoms. The van der Waals surface area contributed by atoms with Gasteiger partial charge in [-0.25, -0.2) is 8.42 Å². The molecule has 170 valence electrons. The Morgan fingerprint density at radius 1 is 1.13 bits per heavy atom. The molecule has 0 aliphatic heterocycles. The van der Waals surface area contributed by atoms with Crippen LogP contribution < -0.4 is 9.62 Å². The number of carbonyl (C=O) groups excluding carboxylic acids is 1. The molecule has 2 aromatic rings. The Balaban J connectivity index is 2.34. The van der Waals surface area contributed by atoms with Gasteiger partial charge in [0.25, 0.3) is 0 Å². The van der Waals surface area contributed by atoms with E-state index in [1.165, 1.54) is 0 Å². The summed E-state index contributed by atoms with van der Waals surface area (Å²) in [5.74, 6) is -0.428. The van der Waals surface area contributed by atoms with Crippen LogP contribution in [0.25, 0.3) is 0 Å². The summed E-state index contributed by atoms with van der Waals surface area (Å²) in [7, 11) is -4.10. The number of nitrogens with zero attached hydrogens (tertiary/aromatic N) is 1.